The van der Waals surface area contributed by atoms with Crippen molar-refractivity contribution in [1.82, 2.24) is 4.98 Å². The van der Waals surface area contributed by atoms with E-state index in [1.807, 2.05) is 0 Å². The van der Waals surface area contributed by atoms with E-state index < -0.39 is 35.4 Å². The summed E-state index contributed by atoms with van der Waals surface area (Å²) in [6.07, 6.45) is -0.588. The average Bonchev–Trinajstić information content (AvgIpc) is 2.12. The average molecular weight is 223 g/mol. The number of halogens is 4. The molecule has 0 N–H and O–H groups in total. The molecule has 2 rings (SSSR count). The number of hydrogen-bond donors (Lipinski definition) is 0. The van der Waals surface area contributed by atoms with Crippen LogP contribution >= 0.6 is 0 Å². The Morgan fingerprint density at radius 2 is 1.60 bits per heavy atom. The van der Waals surface area contributed by atoms with Gasteiger partial charge in [0.05, 0.1) is 13.2 Å². The smallest absolute Gasteiger partial charge is 0.255 e. The molecule has 1 aromatic heterocycles. The van der Waals surface area contributed by atoms with Crippen molar-refractivity contribution in [1.29, 1.82) is 0 Å². The quantitative estimate of drug-likeness (QED) is 0.561. The molecule has 0 saturated carbocycles. The molecule has 0 bridgehead atoms. The molecule has 82 valence electrons. The van der Waals surface area contributed by atoms with Crippen molar-refractivity contribution in [2.24, 2.45) is 0 Å². The Bertz CT molecular complexity index is 368. The number of rotatable bonds is 2. The Balaban J connectivity index is 2.34. The molecule has 0 aliphatic carbocycles. The molecular weight excluding hydrogens is 218 g/mol. The largest absolute Gasteiger partial charge is 0.479 e. The zero-order valence-electron chi connectivity index (χ0n) is 7.27. The third-order valence-electron chi connectivity index (χ3n) is 1.85. The maximum absolute atomic E-state index is 13.0. The zero-order valence-corrected chi connectivity index (χ0v) is 7.27. The lowest BCUT2D eigenvalue weighted by Crippen LogP contribution is -2.39. The second-order valence-electron chi connectivity index (χ2n) is 2.93. The number of ether oxygens (including phenoxy) is 2. The van der Waals surface area contributed by atoms with Crippen LogP contribution < -0.4 is 4.74 Å². The van der Waals surface area contributed by atoms with Crippen molar-refractivity contribution >= 4 is 0 Å². The van der Waals surface area contributed by atoms with E-state index in [1.165, 1.54) is 0 Å². The van der Waals surface area contributed by atoms with Gasteiger partial charge in [-0.15, -0.1) is 0 Å². The van der Waals surface area contributed by atoms with Crippen molar-refractivity contribution in [2.45, 2.75) is 6.10 Å². The topological polar surface area (TPSA) is 31.4 Å². The van der Waals surface area contributed by atoms with E-state index >= 15 is 0 Å². The molecule has 0 aromatic carbocycles. The highest BCUT2D eigenvalue weighted by Crippen LogP contribution is 2.26. The van der Waals surface area contributed by atoms with Crippen LogP contribution in [0.2, 0.25) is 0 Å². The summed E-state index contributed by atoms with van der Waals surface area (Å²) in [7, 11) is 0. The molecule has 0 radical (unpaired) electrons. The lowest BCUT2D eigenvalue weighted by molar-refractivity contribution is -0.0827. The third kappa shape index (κ3) is 1.74. The van der Waals surface area contributed by atoms with Crippen LogP contribution in [-0.2, 0) is 4.74 Å². The first-order valence-electron chi connectivity index (χ1n) is 4.04. The molecule has 15 heavy (non-hydrogen) atoms. The van der Waals surface area contributed by atoms with Gasteiger partial charge in [0.15, 0.2) is 0 Å². The van der Waals surface area contributed by atoms with Gasteiger partial charge < -0.3 is 9.47 Å². The minimum absolute atomic E-state index is 0.129. The van der Waals surface area contributed by atoms with Crippen LogP contribution in [0, 0.1) is 23.5 Å². The zero-order chi connectivity index (χ0) is 11.0. The molecule has 7 heteroatoms. The predicted octanol–water partition coefficient (Wildman–Crippen LogP) is 1.42. The summed E-state index contributed by atoms with van der Waals surface area (Å²) in [6, 6.07) is 0. The van der Waals surface area contributed by atoms with Gasteiger partial charge in [-0.05, 0) is 0 Å². The van der Waals surface area contributed by atoms with Crippen LogP contribution in [0.25, 0.3) is 0 Å². The molecule has 0 spiro atoms. The maximum atomic E-state index is 13.0. The maximum Gasteiger partial charge on any atom is 0.255 e. The van der Waals surface area contributed by atoms with Crippen molar-refractivity contribution < 1.29 is 27.0 Å². The molecule has 1 saturated heterocycles. The molecule has 1 fully saturated rings. The van der Waals surface area contributed by atoms with Gasteiger partial charge in [-0.2, -0.15) is 22.5 Å². The molecule has 0 atom stereocenters. The first-order chi connectivity index (χ1) is 7.09. The number of hydrogen-bond acceptors (Lipinski definition) is 3. The van der Waals surface area contributed by atoms with Gasteiger partial charge in [0.2, 0.25) is 17.4 Å². The third-order valence-corrected chi connectivity index (χ3v) is 1.85. The molecule has 3 nitrogen and oxygen atoms in total. The fraction of sp³-hybridized carbons (Fsp3) is 0.375. The summed E-state index contributed by atoms with van der Waals surface area (Å²) in [4.78, 5) is 2.39. The van der Waals surface area contributed by atoms with E-state index in [4.69, 9.17) is 0 Å². The van der Waals surface area contributed by atoms with Crippen molar-refractivity contribution in [2.75, 3.05) is 13.2 Å². The van der Waals surface area contributed by atoms with Crippen LogP contribution in [0.1, 0.15) is 0 Å². The van der Waals surface area contributed by atoms with Gasteiger partial charge >= 0.3 is 0 Å². The fourth-order valence-electron chi connectivity index (χ4n) is 1.02. The van der Waals surface area contributed by atoms with Crippen LogP contribution in [-0.4, -0.2) is 24.3 Å². The first-order valence-corrected chi connectivity index (χ1v) is 4.04. The van der Waals surface area contributed by atoms with E-state index in [1.54, 1.807) is 0 Å². The Morgan fingerprint density at radius 3 is 2.00 bits per heavy atom. The summed E-state index contributed by atoms with van der Waals surface area (Å²) in [5.41, 5.74) is 0. The first kappa shape index (κ1) is 10.2. The van der Waals surface area contributed by atoms with Crippen molar-refractivity contribution in [3.63, 3.8) is 0 Å². The lowest BCUT2D eigenvalue weighted by atomic mass is 10.3. The molecule has 1 aliphatic heterocycles. The van der Waals surface area contributed by atoms with E-state index in [9.17, 15) is 17.6 Å². The van der Waals surface area contributed by atoms with Crippen LogP contribution in [0.15, 0.2) is 0 Å². The highest BCUT2D eigenvalue weighted by atomic mass is 19.2. The Morgan fingerprint density at radius 1 is 1.07 bits per heavy atom. The Labute approximate surface area is 81.6 Å². The summed E-state index contributed by atoms with van der Waals surface area (Å²) in [5.74, 6) is -7.83. The summed E-state index contributed by atoms with van der Waals surface area (Å²) in [6.45, 7) is 0.259. The molecule has 1 aromatic rings. The van der Waals surface area contributed by atoms with E-state index in [0.717, 1.165) is 0 Å². The molecule has 1 aliphatic rings. The minimum Gasteiger partial charge on any atom is -0.479 e. The second kappa shape index (κ2) is 3.65. The van der Waals surface area contributed by atoms with E-state index in [0.29, 0.717) is 0 Å². The summed E-state index contributed by atoms with van der Waals surface area (Å²) in [5, 5.41) is 0. The van der Waals surface area contributed by atoms with Crippen LogP contribution in [0.5, 0.6) is 5.75 Å². The van der Waals surface area contributed by atoms with Gasteiger partial charge in [0.25, 0.3) is 11.9 Å². The molecule has 2 heterocycles. The Hall–Kier alpha value is -1.37. The number of nitrogens with zero attached hydrogens (tertiary/aromatic N) is 1. The van der Waals surface area contributed by atoms with E-state index in [-0.39, 0.29) is 13.2 Å². The standard InChI is InChI=1S/C8H5F4NO2/c9-4-6(15-3-1-14-2-3)5(10)8(12)13-7(4)11/h3H,1-2H2. The van der Waals surface area contributed by atoms with Crippen LogP contribution in [0.3, 0.4) is 0 Å². The second-order valence-corrected chi connectivity index (χ2v) is 2.93. The molecular formula is C8H5F4NO2. The highest BCUT2D eigenvalue weighted by Gasteiger charge is 2.28. The van der Waals surface area contributed by atoms with Gasteiger partial charge in [-0.1, -0.05) is 0 Å². The fourth-order valence-corrected chi connectivity index (χ4v) is 1.02. The van der Waals surface area contributed by atoms with Gasteiger partial charge in [0.1, 0.15) is 6.10 Å². The lowest BCUT2D eigenvalue weighted by Gasteiger charge is -2.26. The molecule has 0 unspecified atom stereocenters. The monoisotopic (exact) mass is 223 g/mol. The number of pyridine rings is 1. The van der Waals surface area contributed by atoms with Crippen molar-refractivity contribution in [3.05, 3.63) is 23.5 Å². The van der Waals surface area contributed by atoms with Gasteiger partial charge in [0, 0.05) is 0 Å². The van der Waals surface area contributed by atoms with Crippen molar-refractivity contribution in [3.8, 4) is 5.75 Å². The minimum atomic E-state index is -1.73. The van der Waals surface area contributed by atoms with Gasteiger partial charge in [-0.25, -0.2) is 0 Å². The summed E-state index contributed by atoms with van der Waals surface area (Å²) < 4.78 is 60.4. The predicted molar refractivity (Wildman–Crippen MR) is 39.3 cm³/mol. The van der Waals surface area contributed by atoms with E-state index in [2.05, 4.69) is 14.5 Å². The highest BCUT2D eigenvalue weighted by molar-refractivity contribution is 5.24. The van der Waals surface area contributed by atoms with Crippen LogP contribution in [0.4, 0.5) is 17.6 Å². The Kier molecular flexibility index (Phi) is 2.47. The van der Waals surface area contributed by atoms with Gasteiger partial charge in [-0.3, -0.25) is 0 Å². The summed E-state index contributed by atoms with van der Waals surface area (Å²) >= 11 is 0. The number of aromatic nitrogens is 1. The molecule has 0 amide bonds. The SMILES string of the molecule is Fc1nc(F)c(F)c(OC2COC2)c1F. The normalized spacial score (nSPS) is 16.3.